The molecule has 0 spiro atoms. The van der Waals surface area contributed by atoms with Gasteiger partial charge in [0.1, 0.15) is 35.5 Å². The minimum atomic E-state index is -0.568. The van der Waals surface area contributed by atoms with Crippen LogP contribution in [0.2, 0.25) is 0 Å². The molecule has 0 aliphatic carbocycles. The minimum absolute atomic E-state index is 0.0237. The Balaban J connectivity index is 1.37. The second-order valence-corrected chi connectivity index (χ2v) is 10.5. The quantitative estimate of drug-likeness (QED) is 0.159. The maximum atomic E-state index is 12.6. The molecule has 0 radical (unpaired) electrons. The summed E-state index contributed by atoms with van der Waals surface area (Å²) < 4.78 is 29.1. The molecule has 44 heavy (non-hydrogen) atoms. The van der Waals surface area contributed by atoms with Crippen LogP contribution in [0.1, 0.15) is 46.2 Å². The molecule has 1 heterocycles. The predicted octanol–water partition coefficient (Wildman–Crippen LogP) is 6.79. The largest absolute Gasteiger partial charge is 0.490 e. The van der Waals surface area contributed by atoms with Crippen LogP contribution in [0.4, 0.5) is 0 Å². The van der Waals surface area contributed by atoms with Crippen LogP contribution in [0.5, 0.6) is 28.7 Å². The van der Waals surface area contributed by atoms with E-state index < -0.39 is 11.9 Å². The van der Waals surface area contributed by atoms with Gasteiger partial charge in [-0.3, -0.25) is 0 Å². The summed E-state index contributed by atoms with van der Waals surface area (Å²) in [4.78, 5) is 12.6. The second-order valence-electron chi connectivity index (χ2n) is 10.5. The average molecular weight is 591 g/mol. The zero-order chi connectivity index (χ0) is 31.2. The number of carbonyl (C=O) groups is 1. The van der Waals surface area contributed by atoms with Crippen LogP contribution >= 0.6 is 0 Å². The first-order valence-electron chi connectivity index (χ1n) is 14.3. The first-order valence-corrected chi connectivity index (χ1v) is 14.3. The molecule has 1 unspecified atom stereocenters. The van der Waals surface area contributed by atoms with Crippen LogP contribution < -0.4 is 29.4 Å². The number of hydrogen-bond acceptors (Lipinski definition) is 8. The summed E-state index contributed by atoms with van der Waals surface area (Å²) in [5.41, 5.74) is 12.2. The maximum absolute atomic E-state index is 12.6. The molecule has 4 aromatic carbocycles. The van der Waals surface area contributed by atoms with E-state index in [4.69, 9.17) is 29.4 Å². The number of nitrogens with two attached hydrogens (primary N) is 1. The number of allylic oxidation sites excluding steroid dienone is 1. The highest BCUT2D eigenvalue weighted by Crippen LogP contribution is 2.45. The SMILES string of the molecule is CCOc1cc(C2C(C#N)=C(N)Oc3cc(OC(=O)COc4cccc(C)c4C)ccc32)ccc1OCc1ccc(C)cc1. The lowest BCUT2D eigenvalue weighted by Gasteiger charge is -2.27. The second kappa shape index (κ2) is 13.3. The first kappa shape index (κ1) is 30.1. The highest BCUT2D eigenvalue weighted by Gasteiger charge is 2.32. The summed E-state index contributed by atoms with van der Waals surface area (Å²) in [6.45, 7) is 8.40. The van der Waals surface area contributed by atoms with E-state index in [1.165, 1.54) is 5.56 Å². The molecule has 8 heteroatoms. The number of esters is 1. The van der Waals surface area contributed by atoms with Crippen molar-refractivity contribution in [3.05, 3.63) is 124 Å². The van der Waals surface area contributed by atoms with Gasteiger partial charge in [-0.05, 0) is 74.2 Å². The average Bonchev–Trinajstić information content (AvgIpc) is 3.01. The van der Waals surface area contributed by atoms with Gasteiger partial charge in [-0.25, -0.2) is 4.79 Å². The van der Waals surface area contributed by atoms with Crippen molar-refractivity contribution in [2.45, 2.75) is 40.2 Å². The van der Waals surface area contributed by atoms with E-state index in [0.29, 0.717) is 41.8 Å². The summed E-state index contributed by atoms with van der Waals surface area (Å²) in [5.74, 6) is 1.28. The fourth-order valence-corrected chi connectivity index (χ4v) is 4.96. The highest BCUT2D eigenvalue weighted by molar-refractivity contribution is 5.74. The van der Waals surface area contributed by atoms with Gasteiger partial charge in [-0.2, -0.15) is 5.26 Å². The highest BCUT2D eigenvalue weighted by atomic mass is 16.6. The summed E-state index contributed by atoms with van der Waals surface area (Å²) in [5, 5.41) is 10.0. The molecule has 0 bridgehead atoms. The van der Waals surface area contributed by atoms with E-state index >= 15 is 0 Å². The van der Waals surface area contributed by atoms with Gasteiger partial charge < -0.3 is 29.4 Å². The third kappa shape index (κ3) is 6.63. The van der Waals surface area contributed by atoms with Crippen LogP contribution in [0, 0.1) is 32.1 Å². The predicted molar refractivity (Wildman–Crippen MR) is 166 cm³/mol. The molecule has 224 valence electrons. The van der Waals surface area contributed by atoms with Crippen LogP contribution in [-0.2, 0) is 11.4 Å². The Hall–Kier alpha value is -5.42. The molecule has 1 aliphatic rings. The van der Waals surface area contributed by atoms with Crippen molar-refractivity contribution in [3.63, 3.8) is 0 Å². The molecular weight excluding hydrogens is 556 g/mol. The third-order valence-corrected chi connectivity index (χ3v) is 7.44. The minimum Gasteiger partial charge on any atom is -0.490 e. The molecule has 0 saturated carbocycles. The summed E-state index contributed by atoms with van der Waals surface area (Å²) in [6.07, 6.45) is 0. The fourth-order valence-electron chi connectivity index (χ4n) is 4.96. The Morgan fingerprint density at radius 3 is 2.45 bits per heavy atom. The first-order chi connectivity index (χ1) is 21.3. The monoisotopic (exact) mass is 590 g/mol. The number of fused-ring (bicyclic) bond motifs is 1. The van der Waals surface area contributed by atoms with Crippen molar-refractivity contribution in [1.82, 2.24) is 0 Å². The van der Waals surface area contributed by atoms with Gasteiger partial charge in [-0.1, -0.05) is 54.1 Å². The van der Waals surface area contributed by atoms with E-state index in [1.54, 1.807) is 18.2 Å². The zero-order valence-electron chi connectivity index (χ0n) is 25.2. The van der Waals surface area contributed by atoms with Gasteiger partial charge in [-0.15, -0.1) is 0 Å². The molecular formula is C36H34N2O6. The van der Waals surface area contributed by atoms with Gasteiger partial charge in [0.25, 0.3) is 0 Å². The van der Waals surface area contributed by atoms with Gasteiger partial charge in [0.2, 0.25) is 5.88 Å². The zero-order valence-corrected chi connectivity index (χ0v) is 25.2. The van der Waals surface area contributed by atoms with Crippen LogP contribution in [0.3, 0.4) is 0 Å². The van der Waals surface area contributed by atoms with E-state index in [0.717, 1.165) is 22.3 Å². The molecule has 4 aromatic rings. The van der Waals surface area contributed by atoms with Gasteiger partial charge in [0, 0.05) is 11.6 Å². The molecule has 0 aromatic heterocycles. The van der Waals surface area contributed by atoms with E-state index in [9.17, 15) is 10.1 Å². The number of nitrogens with zero attached hydrogens (tertiary/aromatic N) is 1. The third-order valence-electron chi connectivity index (χ3n) is 7.44. The molecule has 0 amide bonds. The van der Waals surface area contributed by atoms with E-state index in [-0.39, 0.29) is 23.8 Å². The molecule has 0 saturated heterocycles. The number of benzene rings is 4. The summed E-state index contributed by atoms with van der Waals surface area (Å²) in [6, 6.07) is 26.6. The Labute approximate surface area is 257 Å². The van der Waals surface area contributed by atoms with Crippen LogP contribution in [0.15, 0.2) is 90.3 Å². The normalized spacial score (nSPS) is 13.8. The molecule has 2 N–H and O–H groups in total. The van der Waals surface area contributed by atoms with Crippen molar-refractivity contribution in [1.29, 1.82) is 5.26 Å². The van der Waals surface area contributed by atoms with E-state index in [1.807, 2.05) is 88.4 Å². The Bertz CT molecular complexity index is 1750. The lowest BCUT2D eigenvalue weighted by atomic mass is 9.83. The number of carbonyl (C=O) groups excluding carboxylic acids is 1. The van der Waals surface area contributed by atoms with Gasteiger partial charge in [0.05, 0.1) is 12.5 Å². The Morgan fingerprint density at radius 1 is 0.909 bits per heavy atom. The maximum Gasteiger partial charge on any atom is 0.349 e. The van der Waals surface area contributed by atoms with Crippen molar-refractivity contribution in [3.8, 4) is 34.8 Å². The van der Waals surface area contributed by atoms with Crippen molar-refractivity contribution in [2.75, 3.05) is 13.2 Å². The number of ether oxygens (including phenoxy) is 5. The molecule has 8 nitrogen and oxygen atoms in total. The molecule has 1 aliphatic heterocycles. The number of aryl methyl sites for hydroxylation is 2. The van der Waals surface area contributed by atoms with Crippen LogP contribution in [0.25, 0.3) is 0 Å². The van der Waals surface area contributed by atoms with Crippen molar-refractivity contribution >= 4 is 5.97 Å². The molecule has 5 rings (SSSR count). The van der Waals surface area contributed by atoms with Crippen molar-refractivity contribution in [2.24, 2.45) is 5.73 Å². The Morgan fingerprint density at radius 2 is 1.70 bits per heavy atom. The van der Waals surface area contributed by atoms with Crippen molar-refractivity contribution < 1.29 is 28.5 Å². The lowest BCUT2D eigenvalue weighted by Crippen LogP contribution is -2.22. The molecule has 0 fully saturated rings. The van der Waals surface area contributed by atoms with E-state index in [2.05, 4.69) is 6.07 Å². The topological polar surface area (TPSA) is 113 Å². The standard InChI is InChI=1S/C36H34N2O6/c1-5-40-33-17-26(13-16-31(33)41-20-25-11-9-22(2)10-12-25)35-28-15-14-27(18-32(28)44-36(38)29(35)19-37)43-34(39)21-42-30-8-6-7-23(3)24(30)4/h6-18,35H,5,20-21,38H2,1-4H3. The summed E-state index contributed by atoms with van der Waals surface area (Å²) in [7, 11) is 0. The number of rotatable bonds is 10. The van der Waals surface area contributed by atoms with Crippen LogP contribution in [-0.4, -0.2) is 19.2 Å². The summed E-state index contributed by atoms with van der Waals surface area (Å²) >= 11 is 0. The van der Waals surface area contributed by atoms with Gasteiger partial charge >= 0.3 is 5.97 Å². The number of hydrogen-bond donors (Lipinski definition) is 1. The smallest absolute Gasteiger partial charge is 0.349 e. The lowest BCUT2D eigenvalue weighted by molar-refractivity contribution is -0.136. The van der Waals surface area contributed by atoms with Gasteiger partial charge in [0.15, 0.2) is 18.1 Å². The Kier molecular flexibility index (Phi) is 9.06. The number of nitriles is 1. The fraction of sp³-hybridized carbons (Fsp3) is 0.222. The molecule has 1 atom stereocenters.